The van der Waals surface area contributed by atoms with Gasteiger partial charge in [0.1, 0.15) is 21.8 Å². The lowest BCUT2D eigenvalue weighted by Gasteiger charge is -2.21. The minimum absolute atomic E-state index is 0.00360. The number of fused-ring (bicyclic) bond motifs is 1. The Kier molecular flexibility index (Phi) is 7.36. The highest BCUT2D eigenvalue weighted by Crippen LogP contribution is 2.33. The molecule has 2 N–H and O–H groups in total. The molecule has 1 aromatic heterocycles. The first-order chi connectivity index (χ1) is 16.0. The fourth-order valence-electron chi connectivity index (χ4n) is 4.01. The van der Waals surface area contributed by atoms with Crippen LogP contribution in [0.25, 0.3) is 21.1 Å². The van der Waals surface area contributed by atoms with Crippen molar-refractivity contribution in [3.8, 4) is 33.0 Å². The van der Waals surface area contributed by atoms with Gasteiger partial charge in [0.2, 0.25) is 0 Å². The Bertz CT molecular complexity index is 1150. The van der Waals surface area contributed by atoms with Gasteiger partial charge in [0.15, 0.2) is 0 Å². The van der Waals surface area contributed by atoms with Crippen LogP contribution in [0.5, 0.6) is 5.75 Å². The first-order valence-electron chi connectivity index (χ1n) is 11.1. The summed E-state index contributed by atoms with van der Waals surface area (Å²) in [5.74, 6) is 0.576. The maximum Gasteiger partial charge on any atom is 0.148 e. The Labute approximate surface area is 197 Å². The van der Waals surface area contributed by atoms with Crippen LogP contribution in [-0.2, 0) is 12.8 Å². The van der Waals surface area contributed by atoms with E-state index < -0.39 is 6.10 Å². The maximum absolute atomic E-state index is 9.76. The lowest BCUT2D eigenvalue weighted by atomic mass is 10.0. The quantitative estimate of drug-likeness (QED) is 0.553. The van der Waals surface area contributed by atoms with Crippen molar-refractivity contribution in [2.24, 2.45) is 0 Å². The topological polar surface area (TPSA) is 102 Å². The minimum atomic E-state index is -0.700. The second-order valence-electron chi connectivity index (χ2n) is 8.52. The molecule has 0 aliphatic carbocycles. The Morgan fingerprint density at radius 3 is 2.39 bits per heavy atom. The van der Waals surface area contributed by atoms with E-state index in [2.05, 4.69) is 39.4 Å². The van der Waals surface area contributed by atoms with Crippen molar-refractivity contribution in [3.05, 3.63) is 53.1 Å². The van der Waals surface area contributed by atoms with Crippen LogP contribution >= 0.6 is 11.3 Å². The lowest BCUT2D eigenvalue weighted by Crippen LogP contribution is -2.35. The van der Waals surface area contributed by atoms with Gasteiger partial charge >= 0.3 is 0 Å². The van der Waals surface area contributed by atoms with Crippen molar-refractivity contribution < 1.29 is 14.9 Å². The van der Waals surface area contributed by atoms with E-state index in [0.29, 0.717) is 17.9 Å². The van der Waals surface area contributed by atoms with Crippen LogP contribution in [0.4, 0.5) is 0 Å². The summed E-state index contributed by atoms with van der Waals surface area (Å²) in [5.41, 5.74) is 4.95. The molecule has 1 aliphatic rings. The van der Waals surface area contributed by atoms with Gasteiger partial charge in [-0.2, -0.15) is 5.26 Å². The highest BCUT2D eigenvalue weighted by Gasteiger charge is 2.18. The molecule has 33 heavy (non-hydrogen) atoms. The van der Waals surface area contributed by atoms with E-state index in [4.69, 9.17) is 9.84 Å². The van der Waals surface area contributed by atoms with E-state index >= 15 is 0 Å². The van der Waals surface area contributed by atoms with Gasteiger partial charge in [-0.3, -0.25) is 0 Å². The number of nitriles is 1. The summed E-state index contributed by atoms with van der Waals surface area (Å²) in [6.45, 7) is 5.85. The number of hydrogen-bond acceptors (Lipinski definition) is 8. The van der Waals surface area contributed by atoms with Crippen molar-refractivity contribution >= 4 is 11.3 Å². The normalized spacial score (nSPS) is 15.0. The Balaban J connectivity index is 1.53. The predicted octanol–water partition coefficient (Wildman–Crippen LogP) is 3.28. The molecule has 0 bridgehead atoms. The molecular weight excluding hydrogens is 436 g/mol. The van der Waals surface area contributed by atoms with Crippen molar-refractivity contribution in [2.75, 3.05) is 26.2 Å². The largest absolute Gasteiger partial charge is 0.490 e. The molecule has 172 valence electrons. The molecule has 1 aliphatic heterocycles. The number of aliphatic hydroxyl groups is 2. The molecule has 2 heterocycles. The molecular formula is C25H28N4O3S. The van der Waals surface area contributed by atoms with E-state index in [9.17, 15) is 10.4 Å². The first-order valence-corrected chi connectivity index (χ1v) is 12.0. The van der Waals surface area contributed by atoms with Gasteiger partial charge in [-0.1, -0.05) is 23.5 Å². The van der Waals surface area contributed by atoms with Gasteiger partial charge in [-0.25, -0.2) is 0 Å². The molecule has 0 spiro atoms. The molecule has 2 aromatic carbocycles. The van der Waals surface area contributed by atoms with Gasteiger partial charge in [0.05, 0.1) is 24.4 Å². The van der Waals surface area contributed by atoms with Crippen molar-refractivity contribution in [1.82, 2.24) is 15.1 Å². The number of rotatable bonds is 7. The maximum atomic E-state index is 9.76. The number of nitrogens with zero attached hydrogens (tertiary/aromatic N) is 4. The van der Waals surface area contributed by atoms with Gasteiger partial charge in [0, 0.05) is 30.8 Å². The van der Waals surface area contributed by atoms with Crippen LogP contribution in [0.3, 0.4) is 0 Å². The molecule has 0 saturated heterocycles. The Morgan fingerprint density at radius 2 is 1.73 bits per heavy atom. The zero-order valence-electron chi connectivity index (χ0n) is 18.9. The molecule has 4 rings (SSSR count). The molecule has 0 radical (unpaired) electrons. The summed E-state index contributed by atoms with van der Waals surface area (Å²) < 4.78 is 5.71. The highest BCUT2D eigenvalue weighted by molar-refractivity contribution is 7.17. The number of β-amino-alcohol motifs (C(OH)–C–C–N with tert-alkyl or cyclic N) is 1. The highest BCUT2D eigenvalue weighted by atomic mass is 32.1. The lowest BCUT2D eigenvalue weighted by molar-refractivity contribution is 0.0605. The van der Waals surface area contributed by atoms with Crippen LogP contribution in [0, 0.1) is 11.3 Å². The third-order valence-electron chi connectivity index (χ3n) is 5.66. The third-order valence-corrected chi connectivity index (χ3v) is 6.68. The standard InChI is InChI=1S/C25H28N4O3S/c1-16(2)32-23-6-5-20(12-21(23)13-26)25-28-27-24(33-25)19-4-3-17-7-9-29(14-22(31)15-30)10-8-18(17)11-19/h3-6,11-12,16,22,30-31H,7-10,14-15H2,1-2H3. The second-order valence-corrected chi connectivity index (χ2v) is 9.50. The summed E-state index contributed by atoms with van der Waals surface area (Å²) in [6, 6.07) is 14.2. The fourth-order valence-corrected chi connectivity index (χ4v) is 4.84. The number of benzene rings is 2. The van der Waals surface area contributed by atoms with Crippen LogP contribution in [0.1, 0.15) is 30.5 Å². The predicted molar refractivity (Wildman–Crippen MR) is 128 cm³/mol. The average Bonchev–Trinajstić information content (AvgIpc) is 3.22. The van der Waals surface area contributed by atoms with Gasteiger partial charge in [-0.05, 0) is 62.1 Å². The van der Waals surface area contributed by atoms with E-state index in [1.165, 1.54) is 22.5 Å². The molecule has 1 unspecified atom stereocenters. The van der Waals surface area contributed by atoms with Crippen LogP contribution in [-0.4, -0.2) is 63.8 Å². The second kappa shape index (κ2) is 10.4. The number of aromatic nitrogens is 2. The van der Waals surface area contributed by atoms with E-state index in [0.717, 1.165) is 47.1 Å². The molecule has 1 atom stereocenters. The molecule has 7 nitrogen and oxygen atoms in total. The molecule has 0 fully saturated rings. The SMILES string of the molecule is CC(C)Oc1ccc(-c2nnc(-c3ccc4c(c3)CCN(CC(O)CO)CC4)s2)cc1C#N. The summed E-state index contributed by atoms with van der Waals surface area (Å²) in [6.07, 6.45) is 1.09. The molecule has 0 amide bonds. The van der Waals surface area contributed by atoms with Crippen molar-refractivity contribution in [1.29, 1.82) is 5.26 Å². The van der Waals surface area contributed by atoms with Crippen LogP contribution < -0.4 is 4.74 Å². The summed E-state index contributed by atoms with van der Waals surface area (Å²) in [7, 11) is 0. The fraction of sp³-hybridized carbons (Fsp3) is 0.400. The Hall–Kier alpha value is -2.83. The Morgan fingerprint density at radius 1 is 1.06 bits per heavy atom. The zero-order chi connectivity index (χ0) is 23.4. The van der Waals surface area contributed by atoms with E-state index in [1.807, 2.05) is 26.0 Å². The summed E-state index contributed by atoms with van der Waals surface area (Å²) in [4.78, 5) is 2.20. The van der Waals surface area contributed by atoms with Crippen LogP contribution in [0.2, 0.25) is 0 Å². The number of hydrogen-bond donors (Lipinski definition) is 2. The molecule has 8 heteroatoms. The van der Waals surface area contributed by atoms with Crippen molar-refractivity contribution in [3.63, 3.8) is 0 Å². The average molecular weight is 465 g/mol. The summed E-state index contributed by atoms with van der Waals surface area (Å²) in [5, 5.41) is 38.8. The minimum Gasteiger partial charge on any atom is -0.490 e. The monoisotopic (exact) mass is 464 g/mol. The zero-order valence-corrected chi connectivity index (χ0v) is 19.7. The van der Waals surface area contributed by atoms with Gasteiger partial charge in [-0.15, -0.1) is 10.2 Å². The third kappa shape index (κ3) is 5.57. The smallest absolute Gasteiger partial charge is 0.148 e. The van der Waals surface area contributed by atoms with E-state index in [-0.39, 0.29) is 12.7 Å². The molecule has 3 aromatic rings. The van der Waals surface area contributed by atoms with E-state index in [1.54, 1.807) is 6.07 Å². The summed E-state index contributed by atoms with van der Waals surface area (Å²) >= 11 is 1.50. The first kappa shape index (κ1) is 23.3. The van der Waals surface area contributed by atoms with Crippen molar-refractivity contribution in [2.45, 2.75) is 38.9 Å². The van der Waals surface area contributed by atoms with Gasteiger partial charge < -0.3 is 19.8 Å². The van der Waals surface area contributed by atoms with Crippen LogP contribution in [0.15, 0.2) is 36.4 Å². The molecule has 0 saturated carbocycles. The van der Waals surface area contributed by atoms with Gasteiger partial charge in [0.25, 0.3) is 0 Å². The number of aliphatic hydroxyl groups excluding tert-OH is 2. The number of ether oxygens (including phenoxy) is 1.